The maximum Gasteiger partial charge on any atom is 0.0655 e. The second-order valence-corrected chi connectivity index (χ2v) is 6.46. The van der Waals surface area contributed by atoms with Gasteiger partial charge >= 0.3 is 0 Å². The highest BCUT2D eigenvalue weighted by molar-refractivity contribution is 5.32. The van der Waals surface area contributed by atoms with Crippen LogP contribution >= 0.6 is 0 Å². The average molecular weight is 279 g/mol. The molecule has 2 aliphatic rings. The van der Waals surface area contributed by atoms with Crippen LogP contribution in [-0.2, 0) is 19.3 Å². The third-order valence-electron chi connectivity index (χ3n) is 5.28. The van der Waals surface area contributed by atoms with Crippen LogP contribution in [0.4, 0.5) is 0 Å². The minimum atomic E-state index is -0.255. The third-order valence-corrected chi connectivity index (χ3v) is 5.28. The van der Waals surface area contributed by atoms with Crippen LogP contribution in [0.2, 0.25) is 0 Å². The number of aliphatic hydroxyl groups is 1. The van der Waals surface area contributed by atoms with E-state index in [2.05, 4.69) is 35.3 Å². The fourth-order valence-electron chi connectivity index (χ4n) is 4.12. The number of rotatable bonds is 2. The average Bonchev–Trinajstić information content (AvgIpc) is 2.98. The number of hydrogen-bond donors (Lipinski definition) is 1. The van der Waals surface area contributed by atoms with Gasteiger partial charge in [0.15, 0.2) is 0 Å². The Labute approximate surface area is 125 Å². The Hall–Kier alpha value is -1.67. The fourth-order valence-corrected chi connectivity index (χ4v) is 4.12. The number of aryl methyl sites for hydroxylation is 2. The van der Waals surface area contributed by atoms with Gasteiger partial charge in [-0.05, 0) is 60.8 Å². The highest BCUT2D eigenvalue weighted by Gasteiger charge is 2.35. The predicted octanol–water partition coefficient (Wildman–Crippen LogP) is 3.28. The third kappa shape index (κ3) is 2.28. The van der Waals surface area contributed by atoms with E-state index in [1.54, 1.807) is 0 Å². The quantitative estimate of drug-likeness (QED) is 0.915. The lowest BCUT2D eigenvalue weighted by Gasteiger charge is -2.31. The summed E-state index contributed by atoms with van der Waals surface area (Å²) < 4.78 is 0. The van der Waals surface area contributed by atoms with E-state index >= 15 is 0 Å². The number of benzene rings is 1. The van der Waals surface area contributed by atoms with Crippen molar-refractivity contribution >= 4 is 0 Å². The minimum Gasteiger partial charge on any atom is -0.392 e. The molecule has 3 atom stereocenters. The molecule has 3 unspecified atom stereocenters. The topological polar surface area (TPSA) is 33.1 Å². The van der Waals surface area contributed by atoms with Crippen LogP contribution in [-0.4, -0.2) is 16.2 Å². The zero-order chi connectivity index (χ0) is 14.2. The van der Waals surface area contributed by atoms with E-state index in [1.165, 1.54) is 16.7 Å². The van der Waals surface area contributed by atoms with Crippen molar-refractivity contribution in [3.05, 3.63) is 65.0 Å². The van der Waals surface area contributed by atoms with Crippen LogP contribution in [0, 0.1) is 5.92 Å². The minimum absolute atomic E-state index is 0.233. The largest absolute Gasteiger partial charge is 0.392 e. The van der Waals surface area contributed by atoms with Crippen LogP contribution in [0.5, 0.6) is 0 Å². The van der Waals surface area contributed by atoms with Gasteiger partial charge in [0.25, 0.3) is 0 Å². The number of fused-ring (bicyclic) bond motifs is 2. The van der Waals surface area contributed by atoms with Crippen molar-refractivity contribution < 1.29 is 5.11 Å². The molecule has 0 radical (unpaired) electrons. The molecular weight excluding hydrogens is 258 g/mol. The summed E-state index contributed by atoms with van der Waals surface area (Å²) in [5.41, 5.74) is 5.36. The van der Waals surface area contributed by atoms with Crippen LogP contribution in [0.15, 0.2) is 42.6 Å². The van der Waals surface area contributed by atoms with Crippen molar-refractivity contribution in [1.29, 1.82) is 0 Å². The molecule has 0 saturated carbocycles. The molecule has 1 N–H and O–H groups in total. The van der Waals surface area contributed by atoms with Crippen molar-refractivity contribution in [3.63, 3.8) is 0 Å². The molecule has 0 saturated heterocycles. The van der Waals surface area contributed by atoms with E-state index in [0.717, 1.165) is 37.8 Å². The summed E-state index contributed by atoms with van der Waals surface area (Å²) in [6, 6.07) is 12.8. The van der Waals surface area contributed by atoms with Gasteiger partial charge in [0, 0.05) is 17.8 Å². The Bertz CT molecular complexity index is 652. The molecule has 1 aromatic carbocycles. The first-order chi connectivity index (χ1) is 10.3. The first-order valence-corrected chi connectivity index (χ1v) is 8.01. The van der Waals surface area contributed by atoms with E-state index in [1.807, 2.05) is 12.3 Å². The second-order valence-electron chi connectivity index (χ2n) is 6.46. The predicted molar refractivity (Wildman–Crippen MR) is 83.3 cm³/mol. The molecule has 0 spiro atoms. The van der Waals surface area contributed by atoms with Crippen LogP contribution in [0.3, 0.4) is 0 Å². The van der Waals surface area contributed by atoms with Crippen molar-refractivity contribution in [2.45, 2.75) is 44.1 Å². The number of aliphatic hydroxyl groups excluding tert-OH is 1. The highest BCUT2D eigenvalue weighted by atomic mass is 16.3. The van der Waals surface area contributed by atoms with Crippen molar-refractivity contribution in [3.8, 4) is 0 Å². The van der Waals surface area contributed by atoms with Gasteiger partial charge in [-0.15, -0.1) is 0 Å². The summed E-state index contributed by atoms with van der Waals surface area (Å²) in [6.07, 6.45) is 6.92. The molecule has 0 aliphatic heterocycles. The lowest BCUT2D eigenvalue weighted by Crippen LogP contribution is -2.31. The van der Waals surface area contributed by atoms with Gasteiger partial charge in [0.1, 0.15) is 0 Å². The summed E-state index contributed by atoms with van der Waals surface area (Å²) in [6.45, 7) is 0. The van der Waals surface area contributed by atoms with E-state index in [4.69, 9.17) is 0 Å². The number of nitrogens with zero attached hydrogens (tertiary/aromatic N) is 1. The van der Waals surface area contributed by atoms with E-state index in [9.17, 15) is 5.11 Å². The maximum absolute atomic E-state index is 10.9. The van der Waals surface area contributed by atoms with E-state index in [-0.39, 0.29) is 12.0 Å². The Morgan fingerprint density at radius 1 is 0.952 bits per heavy atom. The molecule has 2 aliphatic carbocycles. The van der Waals surface area contributed by atoms with Gasteiger partial charge < -0.3 is 5.11 Å². The molecule has 1 heterocycles. The summed E-state index contributed by atoms with van der Waals surface area (Å²) in [4.78, 5) is 4.54. The van der Waals surface area contributed by atoms with Gasteiger partial charge in [0.05, 0.1) is 6.10 Å². The molecular formula is C19H21NO. The van der Waals surface area contributed by atoms with Gasteiger partial charge in [-0.3, -0.25) is 4.98 Å². The zero-order valence-electron chi connectivity index (χ0n) is 12.2. The van der Waals surface area contributed by atoms with Gasteiger partial charge in [-0.1, -0.05) is 30.3 Å². The van der Waals surface area contributed by atoms with Crippen molar-refractivity contribution in [2.24, 2.45) is 5.92 Å². The smallest absolute Gasteiger partial charge is 0.0655 e. The van der Waals surface area contributed by atoms with Crippen LogP contribution in [0.25, 0.3) is 0 Å². The highest BCUT2D eigenvalue weighted by Crippen LogP contribution is 2.39. The summed E-state index contributed by atoms with van der Waals surface area (Å²) in [5, 5.41) is 10.9. The SMILES string of the molecule is OC(C1CCc2ccccc2C1)C1CCc2cccnc21. The molecule has 0 fully saturated rings. The van der Waals surface area contributed by atoms with Gasteiger partial charge in [-0.2, -0.15) is 0 Å². The molecule has 0 amide bonds. The fraction of sp³-hybridized carbons (Fsp3) is 0.421. The van der Waals surface area contributed by atoms with E-state index < -0.39 is 0 Å². The monoisotopic (exact) mass is 279 g/mol. The summed E-state index contributed by atoms with van der Waals surface area (Å²) >= 11 is 0. The van der Waals surface area contributed by atoms with Crippen molar-refractivity contribution in [1.82, 2.24) is 4.98 Å². The van der Waals surface area contributed by atoms with Gasteiger partial charge in [-0.25, -0.2) is 0 Å². The summed E-state index contributed by atoms with van der Waals surface area (Å²) in [7, 11) is 0. The Morgan fingerprint density at radius 3 is 2.62 bits per heavy atom. The number of hydrogen-bond acceptors (Lipinski definition) is 2. The molecule has 4 rings (SSSR count). The molecule has 0 bridgehead atoms. The molecule has 2 aromatic rings. The molecule has 1 aromatic heterocycles. The Balaban J connectivity index is 1.56. The zero-order valence-corrected chi connectivity index (χ0v) is 12.2. The standard InChI is InChI=1S/C19H21NO/c21-19(17-10-9-14-6-3-11-20-18(14)17)16-8-7-13-4-1-2-5-15(13)12-16/h1-6,11,16-17,19,21H,7-10,12H2. The first kappa shape index (κ1) is 13.0. The van der Waals surface area contributed by atoms with Crippen LogP contribution < -0.4 is 0 Å². The second kappa shape index (κ2) is 5.27. The molecule has 21 heavy (non-hydrogen) atoms. The lowest BCUT2D eigenvalue weighted by atomic mass is 9.77. The van der Waals surface area contributed by atoms with Crippen LogP contribution in [0.1, 0.15) is 41.1 Å². The Kier molecular flexibility index (Phi) is 3.27. The number of aromatic nitrogens is 1. The lowest BCUT2D eigenvalue weighted by molar-refractivity contribution is 0.0717. The van der Waals surface area contributed by atoms with Crippen molar-refractivity contribution in [2.75, 3.05) is 0 Å². The molecule has 2 heteroatoms. The molecule has 2 nitrogen and oxygen atoms in total. The summed E-state index contributed by atoms with van der Waals surface area (Å²) in [5.74, 6) is 0.606. The molecule has 108 valence electrons. The maximum atomic E-state index is 10.9. The normalized spacial score (nSPS) is 25.2. The van der Waals surface area contributed by atoms with E-state index in [0.29, 0.717) is 5.92 Å². The number of pyridine rings is 1. The Morgan fingerprint density at radius 2 is 1.71 bits per heavy atom. The van der Waals surface area contributed by atoms with Gasteiger partial charge in [0.2, 0.25) is 0 Å². The first-order valence-electron chi connectivity index (χ1n) is 8.01.